The van der Waals surface area contributed by atoms with Crippen LogP contribution in [0.15, 0.2) is 84.0 Å². The Balaban J connectivity index is 0.839. The Bertz CT molecular complexity index is 3020. The summed E-state index contributed by atoms with van der Waals surface area (Å²) in [6.45, 7) is 10.5. The van der Waals surface area contributed by atoms with Gasteiger partial charge in [0, 0.05) is 93.9 Å². The molecule has 3 N–H and O–H groups in total. The third-order valence-electron chi connectivity index (χ3n) is 14.8. The fraction of sp³-hybridized carbons (Fsp3) is 0.469. The summed E-state index contributed by atoms with van der Waals surface area (Å²) in [6.07, 6.45) is 8.70. The lowest BCUT2D eigenvalue weighted by Crippen LogP contribution is -2.58. The Labute approximate surface area is 407 Å². The molecule has 6 heterocycles. The molecule has 4 fully saturated rings. The summed E-state index contributed by atoms with van der Waals surface area (Å²) in [4.78, 5) is 39.8. The molecule has 3 aromatic carbocycles. The lowest BCUT2D eigenvalue weighted by atomic mass is 9.59. The molecule has 1 spiro atoms. The molecule has 5 aliphatic rings. The number of ether oxygens (including phenoxy) is 3. The number of nitrogens with zero attached hydrogens (tertiary/aromatic N) is 6. The number of pyridine rings is 1. The Hall–Kier alpha value is -5.84. The molecular formula is C49H59N9O10S2. The first-order valence-corrected chi connectivity index (χ1v) is 27.2. The van der Waals surface area contributed by atoms with E-state index in [0.29, 0.717) is 62.7 Å². The van der Waals surface area contributed by atoms with Crippen molar-refractivity contribution < 1.29 is 40.8 Å². The summed E-state index contributed by atoms with van der Waals surface area (Å²) >= 11 is 0. The van der Waals surface area contributed by atoms with E-state index < -0.39 is 47.5 Å². The van der Waals surface area contributed by atoms with Crippen molar-refractivity contribution in [3.8, 4) is 17.2 Å². The fourth-order valence-corrected chi connectivity index (χ4v) is 12.9. The summed E-state index contributed by atoms with van der Waals surface area (Å²) in [6, 6.07) is 19.8. The molecule has 70 heavy (non-hydrogen) atoms. The van der Waals surface area contributed by atoms with Gasteiger partial charge in [-0.3, -0.25) is 24.7 Å². The number of amides is 1. The van der Waals surface area contributed by atoms with Gasteiger partial charge < -0.3 is 29.4 Å². The first-order chi connectivity index (χ1) is 33.5. The molecule has 2 atom stereocenters. The summed E-state index contributed by atoms with van der Waals surface area (Å²) in [7, 11) is -8.02. The SMILES string of the molecule is CC(C)c1ccccc1[C@@H]1COCCN1C1CC2(CCN(c3ccc(C(=O)NS(=O)(=O)c4cc5c(c([N+](=O)[O-])c4)N[C@@H](CN4CCN(S(C)(=O)=O)CC4)CO5)c(Oc4cnc5[nH]ccc5c4)c3)CC2)C1. The number of nitro groups is 1. The number of piperidine rings is 1. The van der Waals surface area contributed by atoms with Crippen LogP contribution in [-0.2, 0) is 24.8 Å². The van der Waals surface area contributed by atoms with Gasteiger partial charge in [0.05, 0.1) is 53.1 Å². The summed E-state index contributed by atoms with van der Waals surface area (Å²) in [5.41, 5.74) is 3.84. The fourth-order valence-electron chi connectivity index (χ4n) is 11.0. The van der Waals surface area contributed by atoms with Gasteiger partial charge in [0.15, 0.2) is 11.4 Å². The average Bonchev–Trinajstić information content (AvgIpc) is 3.81. The number of carbonyl (C=O) groups is 1. The van der Waals surface area contributed by atoms with Crippen LogP contribution in [0, 0.1) is 15.5 Å². The van der Waals surface area contributed by atoms with Crippen LogP contribution in [-0.4, -0.2) is 142 Å². The molecule has 21 heteroatoms. The molecule has 0 radical (unpaired) electrons. The zero-order chi connectivity index (χ0) is 49.0. The van der Waals surface area contributed by atoms with Crippen LogP contribution in [0.1, 0.15) is 73.0 Å². The van der Waals surface area contributed by atoms with E-state index in [-0.39, 0.29) is 40.8 Å². The summed E-state index contributed by atoms with van der Waals surface area (Å²) in [5, 5.41) is 16.3. The van der Waals surface area contributed by atoms with E-state index in [4.69, 9.17) is 14.2 Å². The van der Waals surface area contributed by atoms with Crippen molar-refractivity contribution >= 4 is 54.0 Å². The smallest absolute Gasteiger partial charge is 0.297 e. The lowest BCUT2D eigenvalue weighted by molar-refractivity contribution is -0.384. The van der Waals surface area contributed by atoms with Gasteiger partial charge in [-0.2, -0.15) is 4.31 Å². The topological polar surface area (TPSA) is 222 Å². The first-order valence-electron chi connectivity index (χ1n) is 23.9. The number of nitro benzene ring substituents is 1. The molecule has 10 rings (SSSR count). The summed E-state index contributed by atoms with van der Waals surface area (Å²) < 4.78 is 73.8. The van der Waals surface area contributed by atoms with Crippen molar-refractivity contribution in [1.82, 2.24) is 28.8 Å². The van der Waals surface area contributed by atoms with Crippen LogP contribution in [0.25, 0.3) is 11.0 Å². The minimum absolute atomic E-state index is 0.00957. The number of piperazine rings is 1. The third-order valence-corrected chi connectivity index (χ3v) is 17.4. The number of aromatic amines is 1. The maximum atomic E-state index is 14.1. The number of morpholine rings is 1. The van der Waals surface area contributed by atoms with Gasteiger partial charge in [-0.15, -0.1) is 0 Å². The number of rotatable bonds is 13. The van der Waals surface area contributed by atoms with Crippen molar-refractivity contribution in [2.24, 2.45) is 5.41 Å². The largest absolute Gasteiger partial charge is 0.489 e. The van der Waals surface area contributed by atoms with E-state index in [1.165, 1.54) is 27.9 Å². The number of nitrogens with one attached hydrogen (secondary N) is 3. The number of fused-ring (bicyclic) bond motifs is 2. The normalized spacial score (nSPS) is 21.5. The van der Waals surface area contributed by atoms with Gasteiger partial charge in [-0.05, 0) is 72.4 Å². The van der Waals surface area contributed by atoms with Crippen molar-refractivity contribution in [3.05, 3.63) is 106 Å². The number of H-pyrrole nitrogens is 1. The number of hydrogen-bond acceptors (Lipinski definition) is 15. The Morgan fingerprint density at radius 1 is 0.971 bits per heavy atom. The van der Waals surface area contributed by atoms with Crippen LogP contribution >= 0.6 is 0 Å². The number of carbonyl (C=O) groups excluding carboxylic acids is 1. The summed E-state index contributed by atoms with van der Waals surface area (Å²) in [5.74, 6) is -0.185. The van der Waals surface area contributed by atoms with Gasteiger partial charge in [-0.25, -0.2) is 26.5 Å². The van der Waals surface area contributed by atoms with Crippen LogP contribution in [0.3, 0.4) is 0 Å². The average molecular weight is 998 g/mol. The van der Waals surface area contributed by atoms with E-state index in [9.17, 15) is 31.7 Å². The zero-order valence-electron chi connectivity index (χ0n) is 39.5. The Kier molecular flexibility index (Phi) is 13.0. The van der Waals surface area contributed by atoms with E-state index in [2.05, 4.69) is 67.9 Å². The van der Waals surface area contributed by atoms with Gasteiger partial charge in [0.25, 0.3) is 21.6 Å². The molecule has 1 saturated carbocycles. The maximum Gasteiger partial charge on any atom is 0.297 e. The van der Waals surface area contributed by atoms with Crippen LogP contribution in [0.2, 0.25) is 0 Å². The minimum atomic E-state index is -4.71. The third kappa shape index (κ3) is 9.78. The lowest BCUT2D eigenvalue weighted by Gasteiger charge is -2.57. The van der Waals surface area contributed by atoms with E-state index >= 15 is 0 Å². The van der Waals surface area contributed by atoms with Gasteiger partial charge >= 0.3 is 0 Å². The second-order valence-corrected chi connectivity index (χ2v) is 23.3. The highest BCUT2D eigenvalue weighted by Gasteiger charge is 2.50. The van der Waals surface area contributed by atoms with Gasteiger partial charge in [-0.1, -0.05) is 38.1 Å². The number of hydrogen-bond donors (Lipinski definition) is 3. The minimum Gasteiger partial charge on any atom is -0.489 e. The number of sulfonamides is 2. The molecule has 372 valence electrons. The molecular weight excluding hydrogens is 939 g/mol. The molecule has 5 aromatic rings. The number of benzene rings is 3. The van der Waals surface area contributed by atoms with E-state index in [0.717, 1.165) is 75.1 Å². The molecule has 3 saturated heterocycles. The number of anilines is 2. The molecule has 4 aliphatic heterocycles. The quantitative estimate of drug-likeness (QED) is 0.0899. The number of aromatic nitrogens is 2. The van der Waals surface area contributed by atoms with E-state index in [1.807, 2.05) is 11.0 Å². The molecule has 0 bridgehead atoms. The molecule has 2 aromatic heterocycles. The van der Waals surface area contributed by atoms with Crippen molar-refractivity contribution in [2.75, 3.05) is 88.7 Å². The van der Waals surface area contributed by atoms with Crippen LogP contribution in [0.4, 0.5) is 17.1 Å². The van der Waals surface area contributed by atoms with Crippen molar-refractivity contribution in [1.29, 1.82) is 0 Å². The predicted molar refractivity (Wildman–Crippen MR) is 264 cm³/mol. The standard InChI is InChI=1S/C49H59N9O10S2/c1-32(2)39-6-4-5-7-40(39)43-31-66-21-20-57(43)36-26-49(27-36)11-14-55(15-12-49)35-8-9-41(44(23-35)68-37-22-33-10-13-50-47(33)51-28-37)48(59)53-70(64,65)38-24-42(58(60)61)46-45(25-38)67-30-34(52-46)29-54-16-18-56(19-17-54)69(3,62)63/h4-10,13,22-25,28,32,34,36,43,52H,11-12,14-21,26-27,29-31H2,1-3H3,(H,50,51)(H,53,59)/t34-,43-/m0/s1. The molecule has 0 unspecified atom stereocenters. The Morgan fingerprint density at radius 3 is 2.49 bits per heavy atom. The highest BCUT2D eigenvalue weighted by atomic mass is 32.2. The maximum absolute atomic E-state index is 14.1. The molecule has 1 aliphatic carbocycles. The second-order valence-electron chi connectivity index (χ2n) is 19.7. The van der Waals surface area contributed by atoms with Crippen molar-refractivity contribution in [3.63, 3.8) is 0 Å². The zero-order valence-corrected chi connectivity index (χ0v) is 41.1. The van der Waals surface area contributed by atoms with Gasteiger partial charge in [0.2, 0.25) is 10.0 Å². The molecule has 1 amide bonds. The van der Waals surface area contributed by atoms with Gasteiger partial charge in [0.1, 0.15) is 23.8 Å². The molecule has 19 nitrogen and oxygen atoms in total. The first kappa shape index (κ1) is 47.8. The Morgan fingerprint density at radius 2 is 1.74 bits per heavy atom. The van der Waals surface area contributed by atoms with Crippen LogP contribution < -0.4 is 24.4 Å². The predicted octanol–water partition coefficient (Wildman–Crippen LogP) is 6.08. The van der Waals surface area contributed by atoms with E-state index in [1.54, 1.807) is 30.5 Å². The highest BCUT2D eigenvalue weighted by molar-refractivity contribution is 7.90. The van der Waals surface area contributed by atoms with Crippen molar-refractivity contribution in [2.45, 2.75) is 68.5 Å². The second kappa shape index (κ2) is 19.1. The van der Waals surface area contributed by atoms with Crippen LogP contribution in [0.5, 0.6) is 17.2 Å². The monoisotopic (exact) mass is 997 g/mol. The highest BCUT2D eigenvalue weighted by Crippen LogP contribution is 2.53.